The van der Waals surface area contributed by atoms with Crippen LogP contribution in [0.5, 0.6) is 5.75 Å². The predicted molar refractivity (Wildman–Crippen MR) is 114 cm³/mol. The maximum absolute atomic E-state index is 13.0. The van der Waals surface area contributed by atoms with Crippen molar-refractivity contribution in [1.29, 1.82) is 0 Å². The zero-order valence-corrected chi connectivity index (χ0v) is 17.7. The molecule has 0 saturated carbocycles. The van der Waals surface area contributed by atoms with Gasteiger partial charge in [-0.1, -0.05) is 18.9 Å². The van der Waals surface area contributed by atoms with Crippen LogP contribution >= 0.6 is 0 Å². The molecular formula is C22H28N2O4S. The third-order valence-electron chi connectivity index (χ3n) is 4.78. The zero-order chi connectivity index (χ0) is 20.9. The molecule has 2 aromatic rings. The smallest absolute Gasteiger partial charge is 0.255 e. The second kappa shape index (κ2) is 9.41. The summed E-state index contributed by atoms with van der Waals surface area (Å²) in [6, 6.07) is 13.3. The number of amides is 1. The van der Waals surface area contributed by atoms with Gasteiger partial charge < -0.3 is 10.1 Å². The van der Waals surface area contributed by atoms with E-state index in [0.29, 0.717) is 24.3 Å². The number of carbonyl (C=O) groups excluding carboxylic acids is 1. The van der Waals surface area contributed by atoms with Gasteiger partial charge in [0.15, 0.2) is 0 Å². The molecule has 0 unspecified atom stereocenters. The van der Waals surface area contributed by atoms with E-state index in [4.69, 9.17) is 4.74 Å². The van der Waals surface area contributed by atoms with Crippen LogP contribution in [0.4, 0.5) is 5.69 Å². The first kappa shape index (κ1) is 21.3. The van der Waals surface area contributed by atoms with Gasteiger partial charge in [-0.25, -0.2) is 8.42 Å². The van der Waals surface area contributed by atoms with Crippen LogP contribution in [0.2, 0.25) is 0 Å². The highest BCUT2D eigenvalue weighted by Gasteiger charge is 2.25. The zero-order valence-electron chi connectivity index (χ0n) is 16.9. The van der Waals surface area contributed by atoms with Crippen molar-refractivity contribution in [2.75, 3.05) is 18.4 Å². The Morgan fingerprint density at radius 3 is 2.28 bits per heavy atom. The molecule has 1 amide bonds. The number of hydrogen-bond acceptors (Lipinski definition) is 4. The van der Waals surface area contributed by atoms with Crippen LogP contribution in [0.3, 0.4) is 0 Å². The molecule has 0 atom stereocenters. The van der Waals surface area contributed by atoms with Crippen LogP contribution in [-0.4, -0.2) is 37.8 Å². The summed E-state index contributed by atoms with van der Waals surface area (Å²) in [6.45, 7) is 4.96. The number of anilines is 1. The number of hydrogen-bond donors (Lipinski definition) is 1. The molecule has 0 bridgehead atoms. The third kappa shape index (κ3) is 5.58. The van der Waals surface area contributed by atoms with E-state index in [0.717, 1.165) is 31.4 Å². The van der Waals surface area contributed by atoms with E-state index in [1.54, 1.807) is 42.5 Å². The maximum atomic E-state index is 13.0. The Kier molecular flexibility index (Phi) is 6.92. The van der Waals surface area contributed by atoms with E-state index in [2.05, 4.69) is 5.32 Å². The second-order valence-electron chi connectivity index (χ2n) is 7.49. The van der Waals surface area contributed by atoms with Crippen molar-refractivity contribution >= 4 is 21.6 Å². The molecule has 0 spiro atoms. The highest BCUT2D eigenvalue weighted by atomic mass is 32.2. The van der Waals surface area contributed by atoms with Crippen molar-refractivity contribution < 1.29 is 17.9 Å². The van der Waals surface area contributed by atoms with Crippen LogP contribution < -0.4 is 10.1 Å². The standard InChI is InChI=1S/C22H28N2O4S/c1-17(2)28-20-12-10-19(11-13-20)23-22(25)18-8-7-9-21(16-18)29(26,27)24-14-5-3-4-6-15-24/h7-13,16-17H,3-6,14-15H2,1-2H3,(H,23,25). The highest BCUT2D eigenvalue weighted by molar-refractivity contribution is 7.89. The first-order valence-corrected chi connectivity index (χ1v) is 11.5. The molecule has 6 nitrogen and oxygen atoms in total. The Hall–Kier alpha value is -2.38. The lowest BCUT2D eigenvalue weighted by atomic mass is 10.2. The van der Waals surface area contributed by atoms with Crippen molar-refractivity contribution in [3.8, 4) is 5.75 Å². The minimum Gasteiger partial charge on any atom is -0.491 e. The first-order chi connectivity index (χ1) is 13.9. The van der Waals surface area contributed by atoms with Gasteiger partial charge in [0.25, 0.3) is 5.91 Å². The average molecular weight is 417 g/mol. The van der Waals surface area contributed by atoms with E-state index in [1.807, 2.05) is 13.8 Å². The lowest BCUT2D eigenvalue weighted by Crippen LogP contribution is -2.32. The Morgan fingerprint density at radius 2 is 1.66 bits per heavy atom. The molecule has 0 aliphatic carbocycles. The average Bonchev–Trinajstić information content (AvgIpc) is 2.99. The van der Waals surface area contributed by atoms with Crippen LogP contribution in [0.15, 0.2) is 53.4 Å². The maximum Gasteiger partial charge on any atom is 0.255 e. The van der Waals surface area contributed by atoms with E-state index >= 15 is 0 Å². The number of benzene rings is 2. The molecule has 1 saturated heterocycles. The van der Waals surface area contributed by atoms with Crippen molar-refractivity contribution in [3.63, 3.8) is 0 Å². The number of nitrogens with zero attached hydrogens (tertiary/aromatic N) is 1. The molecule has 1 aliphatic rings. The Labute approximate surface area is 172 Å². The van der Waals surface area contributed by atoms with Crippen LogP contribution in [0.1, 0.15) is 49.9 Å². The molecule has 1 aliphatic heterocycles. The van der Waals surface area contributed by atoms with E-state index in [-0.39, 0.29) is 16.9 Å². The second-order valence-corrected chi connectivity index (χ2v) is 9.43. The van der Waals surface area contributed by atoms with Gasteiger partial charge >= 0.3 is 0 Å². The fourth-order valence-corrected chi connectivity index (χ4v) is 4.88. The summed E-state index contributed by atoms with van der Waals surface area (Å²) in [5.74, 6) is 0.374. The summed E-state index contributed by atoms with van der Waals surface area (Å²) in [5, 5.41) is 2.80. The lowest BCUT2D eigenvalue weighted by molar-refractivity contribution is 0.102. The molecule has 1 N–H and O–H groups in total. The molecule has 0 radical (unpaired) electrons. The fraction of sp³-hybridized carbons (Fsp3) is 0.409. The highest BCUT2D eigenvalue weighted by Crippen LogP contribution is 2.22. The van der Waals surface area contributed by atoms with Crippen LogP contribution in [0.25, 0.3) is 0 Å². The molecule has 1 fully saturated rings. The largest absolute Gasteiger partial charge is 0.491 e. The summed E-state index contributed by atoms with van der Waals surface area (Å²) in [5.41, 5.74) is 0.926. The van der Waals surface area contributed by atoms with Crippen LogP contribution in [-0.2, 0) is 10.0 Å². The first-order valence-electron chi connectivity index (χ1n) is 10.0. The molecule has 156 valence electrons. The van der Waals surface area contributed by atoms with Gasteiger partial charge in [0.2, 0.25) is 10.0 Å². The van der Waals surface area contributed by atoms with Gasteiger partial charge in [-0.2, -0.15) is 4.31 Å². The summed E-state index contributed by atoms with van der Waals surface area (Å²) < 4.78 is 33.1. The third-order valence-corrected chi connectivity index (χ3v) is 6.68. The Bertz CT molecular complexity index is 932. The summed E-state index contributed by atoms with van der Waals surface area (Å²) in [7, 11) is -3.59. The molecule has 29 heavy (non-hydrogen) atoms. The van der Waals surface area contributed by atoms with E-state index < -0.39 is 10.0 Å². The lowest BCUT2D eigenvalue weighted by Gasteiger charge is -2.20. The molecule has 1 heterocycles. The van der Waals surface area contributed by atoms with Crippen LogP contribution in [0, 0.1) is 0 Å². The molecule has 3 rings (SSSR count). The number of sulfonamides is 1. The van der Waals surface area contributed by atoms with Crippen molar-refractivity contribution in [3.05, 3.63) is 54.1 Å². The Balaban J connectivity index is 1.73. The SMILES string of the molecule is CC(C)Oc1ccc(NC(=O)c2cccc(S(=O)(=O)N3CCCCCC3)c2)cc1. The van der Waals surface area contributed by atoms with E-state index in [1.165, 1.54) is 10.4 Å². The molecule has 0 aromatic heterocycles. The van der Waals surface area contributed by atoms with Gasteiger partial charge in [0, 0.05) is 24.3 Å². The van der Waals surface area contributed by atoms with Gasteiger partial charge in [0.1, 0.15) is 5.75 Å². The summed E-state index contributed by atoms with van der Waals surface area (Å²) >= 11 is 0. The van der Waals surface area contributed by atoms with Gasteiger partial charge in [-0.15, -0.1) is 0 Å². The minimum absolute atomic E-state index is 0.0735. The number of carbonyl (C=O) groups is 1. The quantitative estimate of drug-likeness (QED) is 0.762. The van der Waals surface area contributed by atoms with Crippen molar-refractivity contribution in [2.45, 2.75) is 50.5 Å². The van der Waals surface area contributed by atoms with Crippen molar-refractivity contribution in [2.24, 2.45) is 0 Å². The minimum atomic E-state index is -3.59. The normalized spacial score (nSPS) is 15.7. The van der Waals surface area contributed by atoms with Gasteiger partial charge in [-0.05, 0) is 69.2 Å². The van der Waals surface area contributed by atoms with E-state index in [9.17, 15) is 13.2 Å². The van der Waals surface area contributed by atoms with Gasteiger partial charge in [0.05, 0.1) is 11.0 Å². The molecular weight excluding hydrogens is 388 g/mol. The summed E-state index contributed by atoms with van der Waals surface area (Å²) in [6.07, 6.45) is 3.92. The topological polar surface area (TPSA) is 75.7 Å². The summed E-state index contributed by atoms with van der Waals surface area (Å²) in [4.78, 5) is 12.8. The van der Waals surface area contributed by atoms with Gasteiger partial charge in [-0.3, -0.25) is 4.79 Å². The predicted octanol–water partition coefficient (Wildman–Crippen LogP) is 4.29. The molecule has 2 aromatic carbocycles. The number of ether oxygens (including phenoxy) is 1. The Morgan fingerprint density at radius 1 is 1.00 bits per heavy atom. The number of rotatable bonds is 6. The molecule has 7 heteroatoms. The fourth-order valence-electron chi connectivity index (χ4n) is 3.32. The number of nitrogens with one attached hydrogen (secondary N) is 1. The monoisotopic (exact) mass is 416 g/mol. The van der Waals surface area contributed by atoms with Crippen molar-refractivity contribution in [1.82, 2.24) is 4.31 Å².